The highest BCUT2D eigenvalue weighted by Crippen LogP contribution is 2.16. The number of hydrogen-bond acceptors (Lipinski definition) is 4. The van der Waals surface area contributed by atoms with Gasteiger partial charge in [-0.1, -0.05) is 0 Å². The molecule has 2 aliphatic rings. The predicted octanol–water partition coefficient (Wildman–Crippen LogP) is -0.439. The maximum absolute atomic E-state index is 10.4. The smallest absolute Gasteiger partial charge is 0.304 e. The van der Waals surface area contributed by atoms with Crippen LogP contribution in [0.2, 0.25) is 0 Å². The van der Waals surface area contributed by atoms with Gasteiger partial charge in [0.2, 0.25) is 0 Å². The number of rotatable bonds is 3. The molecule has 14 heavy (non-hydrogen) atoms. The van der Waals surface area contributed by atoms with E-state index in [9.17, 15) is 4.79 Å². The highest BCUT2D eigenvalue weighted by atomic mass is 16.6. The van der Waals surface area contributed by atoms with Gasteiger partial charge >= 0.3 is 5.97 Å². The summed E-state index contributed by atoms with van der Waals surface area (Å²) in [6.45, 7) is 3.49. The number of carboxylic acid groups (broad SMARTS) is 1. The van der Waals surface area contributed by atoms with Crippen LogP contribution < -0.4 is 0 Å². The van der Waals surface area contributed by atoms with Crippen LogP contribution in [0.4, 0.5) is 0 Å². The Morgan fingerprint density at radius 2 is 2.00 bits per heavy atom. The number of ether oxygens (including phenoxy) is 2. The summed E-state index contributed by atoms with van der Waals surface area (Å²) in [6.07, 6.45) is 0.480. The Labute approximate surface area is 82.6 Å². The lowest BCUT2D eigenvalue weighted by Gasteiger charge is -2.41. The van der Waals surface area contributed by atoms with Crippen molar-refractivity contribution in [2.75, 3.05) is 32.8 Å². The monoisotopic (exact) mass is 201 g/mol. The molecule has 80 valence electrons. The SMILES string of the molecule is O=C(O)CCN1CC2COCC(C1)O2. The van der Waals surface area contributed by atoms with Crippen molar-refractivity contribution in [3.05, 3.63) is 0 Å². The van der Waals surface area contributed by atoms with Crippen molar-refractivity contribution in [3.63, 3.8) is 0 Å². The van der Waals surface area contributed by atoms with Crippen LogP contribution >= 0.6 is 0 Å². The van der Waals surface area contributed by atoms with Crippen molar-refractivity contribution in [1.29, 1.82) is 0 Å². The molecule has 0 aliphatic carbocycles. The second kappa shape index (κ2) is 4.25. The molecule has 0 saturated carbocycles. The first-order valence-corrected chi connectivity index (χ1v) is 4.91. The minimum absolute atomic E-state index is 0.135. The van der Waals surface area contributed by atoms with Gasteiger partial charge < -0.3 is 14.6 Å². The van der Waals surface area contributed by atoms with Gasteiger partial charge in [-0.2, -0.15) is 0 Å². The molecule has 0 amide bonds. The summed E-state index contributed by atoms with van der Waals surface area (Å²) in [5.41, 5.74) is 0. The molecule has 0 radical (unpaired) electrons. The molecule has 2 bridgehead atoms. The molecular formula is C9H15NO4. The van der Waals surface area contributed by atoms with Crippen molar-refractivity contribution in [2.24, 2.45) is 0 Å². The van der Waals surface area contributed by atoms with Gasteiger partial charge in [-0.05, 0) is 0 Å². The van der Waals surface area contributed by atoms with E-state index in [-0.39, 0.29) is 18.6 Å². The number of fused-ring (bicyclic) bond motifs is 2. The summed E-state index contributed by atoms with van der Waals surface area (Å²) >= 11 is 0. The standard InChI is InChI=1S/C9H15NO4/c11-9(12)1-2-10-3-7-5-13-6-8(4-10)14-7/h7-8H,1-6H2,(H,11,12). The number of morpholine rings is 1. The fourth-order valence-electron chi connectivity index (χ4n) is 1.96. The quantitative estimate of drug-likeness (QED) is 0.671. The lowest BCUT2D eigenvalue weighted by molar-refractivity contribution is -0.179. The van der Waals surface area contributed by atoms with E-state index in [0.717, 1.165) is 13.1 Å². The van der Waals surface area contributed by atoms with E-state index in [4.69, 9.17) is 14.6 Å². The summed E-state index contributed by atoms with van der Waals surface area (Å²) < 4.78 is 11.0. The van der Waals surface area contributed by atoms with E-state index in [1.807, 2.05) is 0 Å². The van der Waals surface area contributed by atoms with Gasteiger partial charge in [0.15, 0.2) is 0 Å². The van der Waals surface area contributed by atoms with E-state index in [1.54, 1.807) is 0 Å². The maximum atomic E-state index is 10.4. The lowest BCUT2D eigenvalue weighted by atomic mass is 10.2. The normalized spacial score (nSPS) is 32.9. The van der Waals surface area contributed by atoms with Crippen LogP contribution in [-0.4, -0.2) is 61.0 Å². The van der Waals surface area contributed by atoms with Gasteiger partial charge in [-0.3, -0.25) is 9.69 Å². The molecule has 2 fully saturated rings. The molecule has 0 aromatic rings. The lowest BCUT2D eigenvalue weighted by Crippen LogP contribution is -2.54. The van der Waals surface area contributed by atoms with Crippen LogP contribution in [0.25, 0.3) is 0 Å². The third kappa shape index (κ3) is 2.43. The van der Waals surface area contributed by atoms with E-state index < -0.39 is 5.97 Å². The van der Waals surface area contributed by atoms with Gasteiger partial charge in [0.1, 0.15) is 0 Å². The van der Waals surface area contributed by atoms with Gasteiger partial charge in [-0.25, -0.2) is 0 Å². The van der Waals surface area contributed by atoms with E-state index in [1.165, 1.54) is 0 Å². The second-order valence-corrected chi connectivity index (χ2v) is 3.82. The first-order valence-electron chi connectivity index (χ1n) is 4.91. The topological polar surface area (TPSA) is 59.0 Å². The molecule has 0 aromatic heterocycles. The number of hydrogen-bond donors (Lipinski definition) is 1. The Kier molecular flexibility index (Phi) is 3.00. The average molecular weight is 201 g/mol. The van der Waals surface area contributed by atoms with Crippen molar-refractivity contribution in [1.82, 2.24) is 4.90 Å². The number of aliphatic carboxylic acids is 1. The Hall–Kier alpha value is -0.650. The zero-order valence-corrected chi connectivity index (χ0v) is 8.02. The number of carbonyl (C=O) groups is 1. The van der Waals surface area contributed by atoms with Gasteiger partial charge in [0, 0.05) is 19.6 Å². The molecule has 0 spiro atoms. The second-order valence-electron chi connectivity index (χ2n) is 3.82. The third-order valence-corrected chi connectivity index (χ3v) is 2.56. The van der Waals surface area contributed by atoms with Gasteiger partial charge in [-0.15, -0.1) is 0 Å². The molecule has 2 unspecified atom stereocenters. The van der Waals surface area contributed by atoms with E-state index >= 15 is 0 Å². The summed E-state index contributed by atoms with van der Waals surface area (Å²) in [5, 5.41) is 8.56. The fraction of sp³-hybridized carbons (Fsp3) is 0.889. The summed E-state index contributed by atoms with van der Waals surface area (Å²) in [4.78, 5) is 12.6. The fourth-order valence-corrected chi connectivity index (χ4v) is 1.96. The van der Waals surface area contributed by atoms with Crippen LogP contribution in [0.3, 0.4) is 0 Å². The average Bonchev–Trinajstić information content (AvgIpc) is 2.14. The minimum atomic E-state index is -0.738. The molecule has 2 heterocycles. The molecular weight excluding hydrogens is 186 g/mol. The van der Waals surface area contributed by atoms with Gasteiger partial charge in [0.05, 0.1) is 31.8 Å². The third-order valence-electron chi connectivity index (χ3n) is 2.56. The van der Waals surface area contributed by atoms with Crippen LogP contribution in [0.15, 0.2) is 0 Å². The Bertz CT molecular complexity index is 209. The van der Waals surface area contributed by atoms with Crippen LogP contribution in [0.5, 0.6) is 0 Å². The molecule has 2 atom stereocenters. The van der Waals surface area contributed by atoms with Crippen LogP contribution in [0.1, 0.15) is 6.42 Å². The Morgan fingerprint density at radius 1 is 1.36 bits per heavy atom. The summed E-state index contributed by atoms with van der Waals surface area (Å²) in [5.74, 6) is -0.738. The molecule has 5 heteroatoms. The molecule has 2 rings (SSSR count). The first kappa shape index (κ1) is 9.89. The van der Waals surface area contributed by atoms with Crippen molar-refractivity contribution in [2.45, 2.75) is 18.6 Å². The van der Waals surface area contributed by atoms with E-state index in [2.05, 4.69) is 4.90 Å². The summed E-state index contributed by atoms with van der Waals surface area (Å²) in [6, 6.07) is 0. The number of carboxylic acids is 1. The Balaban J connectivity index is 1.80. The highest BCUT2D eigenvalue weighted by molar-refractivity contribution is 5.66. The van der Waals surface area contributed by atoms with Crippen LogP contribution in [0, 0.1) is 0 Å². The van der Waals surface area contributed by atoms with Crippen molar-refractivity contribution in [3.8, 4) is 0 Å². The highest BCUT2D eigenvalue weighted by Gasteiger charge is 2.31. The van der Waals surface area contributed by atoms with Crippen molar-refractivity contribution >= 4 is 5.97 Å². The van der Waals surface area contributed by atoms with Crippen LogP contribution in [-0.2, 0) is 14.3 Å². The van der Waals surface area contributed by atoms with Crippen molar-refractivity contribution < 1.29 is 19.4 Å². The largest absolute Gasteiger partial charge is 0.481 e. The maximum Gasteiger partial charge on any atom is 0.304 e. The zero-order valence-electron chi connectivity index (χ0n) is 8.02. The minimum Gasteiger partial charge on any atom is -0.481 e. The van der Waals surface area contributed by atoms with Gasteiger partial charge in [0.25, 0.3) is 0 Å². The van der Waals surface area contributed by atoms with E-state index in [0.29, 0.717) is 19.8 Å². The Morgan fingerprint density at radius 3 is 2.57 bits per heavy atom. The molecule has 2 saturated heterocycles. The molecule has 0 aromatic carbocycles. The zero-order chi connectivity index (χ0) is 9.97. The first-order chi connectivity index (χ1) is 6.74. The molecule has 5 nitrogen and oxygen atoms in total. The molecule has 2 aliphatic heterocycles. The number of nitrogens with zero attached hydrogens (tertiary/aromatic N) is 1. The molecule has 1 N–H and O–H groups in total. The summed E-state index contributed by atoms with van der Waals surface area (Å²) in [7, 11) is 0. The predicted molar refractivity (Wildman–Crippen MR) is 48.2 cm³/mol.